The number of nitrogens with one attached hydrogen (secondary N) is 2. The maximum Gasteiger partial charge on any atom is 0.329 e. The van der Waals surface area contributed by atoms with Crippen molar-refractivity contribution < 1.29 is 19.1 Å². The SMILES string of the molecule is O=C(COC(=O)C(Cc1c[nH]c2ccccc12)NC(=O)C12CC3CC(CC(C3)C1)C2)c1ccccc1. The largest absolute Gasteiger partial charge is 0.456 e. The first-order chi connectivity index (χ1) is 17.5. The second kappa shape index (κ2) is 9.23. The Balaban J connectivity index is 1.21. The van der Waals surface area contributed by atoms with Crippen LogP contribution in [0, 0.1) is 23.2 Å². The fourth-order valence-electron chi connectivity index (χ4n) is 7.36. The number of hydrogen-bond acceptors (Lipinski definition) is 4. The molecule has 0 saturated heterocycles. The number of aromatic amines is 1. The quantitative estimate of drug-likeness (QED) is 0.354. The predicted molar refractivity (Wildman–Crippen MR) is 136 cm³/mol. The Labute approximate surface area is 210 Å². The number of carbonyl (C=O) groups is 3. The van der Waals surface area contributed by atoms with Gasteiger partial charge in [0.1, 0.15) is 6.04 Å². The zero-order chi connectivity index (χ0) is 24.7. The highest BCUT2D eigenvalue weighted by molar-refractivity contribution is 5.98. The van der Waals surface area contributed by atoms with Gasteiger partial charge >= 0.3 is 5.97 Å². The van der Waals surface area contributed by atoms with Crippen molar-refractivity contribution in [3.8, 4) is 0 Å². The third-order valence-corrected chi connectivity index (χ3v) is 8.65. The molecule has 4 aliphatic rings. The monoisotopic (exact) mass is 484 g/mol. The van der Waals surface area contributed by atoms with Crippen LogP contribution in [0.4, 0.5) is 0 Å². The Bertz CT molecular complexity index is 1260. The summed E-state index contributed by atoms with van der Waals surface area (Å²) in [4.78, 5) is 42.9. The Morgan fingerprint density at radius 1 is 0.917 bits per heavy atom. The molecule has 4 fully saturated rings. The second-order valence-corrected chi connectivity index (χ2v) is 11.2. The van der Waals surface area contributed by atoms with Crippen molar-refractivity contribution in [3.63, 3.8) is 0 Å². The molecule has 0 aliphatic heterocycles. The van der Waals surface area contributed by atoms with Crippen LogP contribution in [0.15, 0.2) is 60.8 Å². The number of amides is 1. The van der Waals surface area contributed by atoms with Gasteiger partial charge in [0.05, 0.1) is 0 Å². The number of ketones is 1. The van der Waals surface area contributed by atoms with Crippen molar-refractivity contribution in [1.29, 1.82) is 0 Å². The van der Waals surface area contributed by atoms with Crippen molar-refractivity contribution in [3.05, 3.63) is 71.9 Å². The molecule has 186 valence electrons. The number of fused-ring (bicyclic) bond motifs is 1. The number of ether oxygens (including phenoxy) is 1. The predicted octanol–water partition coefficient (Wildman–Crippen LogP) is 4.84. The van der Waals surface area contributed by atoms with Gasteiger partial charge in [0.2, 0.25) is 5.91 Å². The van der Waals surface area contributed by atoms with E-state index in [2.05, 4.69) is 10.3 Å². The van der Waals surface area contributed by atoms with E-state index in [1.165, 1.54) is 19.3 Å². The number of H-pyrrole nitrogens is 1. The Hall–Kier alpha value is -3.41. The normalized spacial score (nSPS) is 27.1. The van der Waals surface area contributed by atoms with Gasteiger partial charge in [-0.15, -0.1) is 0 Å². The standard InChI is InChI=1S/C30H32N2O4/c33-27(22-6-2-1-3-7-22)18-36-28(34)26(13-23-17-31-25-9-5-4-8-24(23)25)32-29(35)30-14-19-10-20(15-30)12-21(11-19)16-30/h1-9,17,19-21,26,31H,10-16,18H2,(H,32,35). The Morgan fingerprint density at radius 2 is 1.56 bits per heavy atom. The lowest BCUT2D eigenvalue weighted by molar-refractivity contribution is -0.153. The molecule has 7 rings (SSSR count). The summed E-state index contributed by atoms with van der Waals surface area (Å²) in [6.07, 6.45) is 8.70. The lowest BCUT2D eigenvalue weighted by Crippen LogP contribution is -2.56. The fourth-order valence-corrected chi connectivity index (χ4v) is 7.36. The molecule has 4 aliphatic carbocycles. The molecule has 1 aromatic heterocycles. The molecule has 4 saturated carbocycles. The number of Topliss-reactive ketones (excluding diaryl/α,β-unsaturated/α-hetero) is 1. The van der Waals surface area contributed by atoms with E-state index in [1.807, 2.05) is 36.5 Å². The van der Waals surface area contributed by atoms with Gasteiger partial charge in [-0.2, -0.15) is 0 Å². The van der Waals surface area contributed by atoms with Gasteiger partial charge in [0.15, 0.2) is 12.4 Å². The Kier molecular flexibility index (Phi) is 5.90. The summed E-state index contributed by atoms with van der Waals surface area (Å²) >= 11 is 0. The Morgan fingerprint density at radius 3 is 2.25 bits per heavy atom. The first-order valence-electron chi connectivity index (χ1n) is 13.1. The maximum atomic E-state index is 13.8. The highest BCUT2D eigenvalue weighted by Gasteiger charge is 2.55. The number of esters is 1. The highest BCUT2D eigenvalue weighted by atomic mass is 16.5. The first kappa shape index (κ1) is 23.0. The van der Waals surface area contributed by atoms with Crippen LogP contribution in [-0.4, -0.2) is 35.3 Å². The van der Waals surface area contributed by atoms with Crippen LogP contribution < -0.4 is 5.32 Å². The molecule has 1 atom stereocenters. The number of benzene rings is 2. The molecule has 2 N–H and O–H groups in total. The summed E-state index contributed by atoms with van der Waals surface area (Å²) < 4.78 is 5.49. The molecule has 0 spiro atoms. The molecule has 1 heterocycles. The molecular weight excluding hydrogens is 452 g/mol. The summed E-state index contributed by atoms with van der Waals surface area (Å²) in [7, 11) is 0. The summed E-state index contributed by atoms with van der Waals surface area (Å²) in [5.41, 5.74) is 2.04. The molecule has 4 bridgehead atoms. The minimum Gasteiger partial charge on any atom is -0.456 e. The van der Waals surface area contributed by atoms with Crippen LogP contribution in [-0.2, 0) is 20.7 Å². The van der Waals surface area contributed by atoms with Crippen LogP contribution in [0.25, 0.3) is 10.9 Å². The van der Waals surface area contributed by atoms with Crippen molar-refractivity contribution >= 4 is 28.6 Å². The van der Waals surface area contributed by atoms with Crippen LogP contribution in [0.5, 0.6) is 0 Å². The van der Waals surface area contributed by atoms with Gasteiger partial charge in [-0.25, -0.2) is 4.79 Å². The van der Waals surface area contributed by atoms with Gasteiger partial charge in [-0.1, -0.05) is 48.5 Å². The van der Waals surface area contributed by atoms with E-state index in [0.29, 0.717) is 29.7 Å². The summed E-state index contributed by atoms with van der Waals surface area (Å²) in [6, 6.07) is 15.8. The van der Waals surface area contributed by atoms with Gasteiger partial charge < -0.3 is 15.0 Å². The van der Waals surface area contributed by atoms with Crippen molar-refractivity contribution in [2.45, 2.75) is 51.0 Å². The van der Waals surface area contributed by atoms with Gasteiger partial charge in [-0.05, 0) is 67.9 Å². The summed E-state index contributed by atoms with van der Waals surface area (Å²) in [5, 5.41) is 4.12. The molecule has 6 nitrogen and oxygen atoms in total. The summed E-state index contributed by atoms with van der Waals surface area (Å²) in [5.74, 6) is 1.04. The molecule has 0 radical (unpaired) electrons. The van der Waals surface area contributed by atoms with E-state index in [9.17, 15) is 14.4 Å². The maximum absolute atomic E-state index is 13.8. The van der Waals surface area contributed by atoms with Gasteiger partial charge in [0, 0.05) is 34.5 Å². The van der Waals surface area contributed by atoms with Gasteiger partial charge in [0.25, 0.3) is 0 Å². The number of hydrogen-bond donors (Lipinski definition) is 2. The molecular formula is C30H32N2O4. The van der Waals surface area contributed by atoms with E-state index in [-0.39, 0.29) is 23.7 Å². The minimum atomic E-state index is -0.853. The van der Waals surface area contributed by atoms with E-state index in [1.54, 1.807) is 24.3 Å². The van der Waals surface area contributed by atoms with Crippen LogP contribution in [0.3, 0.4) is 0 Å². The smallest absolute Gasteiger partial charge is 0.329 e. The third kappa shape index (κ3) is 4.34. The fraction of sp³-hybridized carbons (Fsp3) is 0.433. The van der Waals surface area contributed by atoms with Crippen molar-refractivity contribution in [2.24, 2.45) is 23.2 Å². The molecule has 6 heteroatoms. The molecule has 1 unspecified atom stereocenters. The lowest BCUT2D eigenvalue weighted by Gasteiger charge is -2.55. The average molecular weight is 485 g/mol. The van der Waals surface area contributed by atoms with E-state index in [4.69, 9.17) is 4.74 Å². The molecule has 2 aromatic carbocycles. The van der Waals surface area contributed by atoms with Crippen LogP contribution in [0.1, 0.15) is 54.4 Å². The zero-order valence-electron chi connectivity index (χ0n) is 20.4. The van der Waals surface area contributed by atoms with Crippen molar-refractivity contribution in [1.82, 2.24) is 10.3 Å². The van der Waals surface area contributed by atoms with Crippen molar-refractivity contribution in [2.75, 3.05) is 6.61 Å². The number of para-hydroxylation sites is 1. The topological polar surface area (TPSA) is 88.3 Å². The number of carbonyl (C=O) groups excluding carboxylic acids is 3. The average Bonchev–Trinajstić information content (AvgIpc) is 3.29. The van der Waals surface area contributed by atoms with Gasteiger partial charge in [-0.3, -0.25) is 9.59 Å². The molecule has 1 amide bonds. The third-order valence-electron chi connectivity index (χ3n) is 8.65. The molecule has 36 heavy (non-hydrogen) atoms. The second-order valence-electron chi connectivity index (χ2n) is 11.2. The highest BCUT2D eigenvalue weighted by Crippen LogP contribution is 2.60. The summed E-state index contributed by atoms with van der Waals surface area (Å²) in [6.45, 7) is -0.347. The van der Waals surface area contributed by atoms with Crippen LogP contribution in [0.2, 0.25) is 0 Å². The van der Waals surface area contributed by atoms with E-state index in [0.717, 1.165) is 35.7 Å². The van der Waals surface area contributed by atoms with E-state index >= 15 is 0 Å². The minimum absolute atomic E-state index is 0.0159. The zero-order valence-corrected chi connectivity index (χ0v) is 20.4. The molecule has 3 aromatic rings. The van der Waals surface area contributed by atoms with Crippen LogP contribution >= 0.6 is 0 Å². The number of rotatable bonds is 8. The number of aromatic nitrogens is 1. The lowest BCUT2D eigenvalue weighted by atomic mass is 9.49. The van der Waals surface area contributed by atoms with E-state index < -0.39 is 12.0 Å². The first-order valence-corrected chi connectivity index (χ1v) is 13.1.